The van der Waals surface area contributed by atoms with Crippen molar-refractivity contribution in [1.29, 1.82) is 0 Å². The van der Waals surface area contributed by atoms with Crippen LogP contribution in [-0.2, 0) is 6.54 Å². The third-order valence-electron chi connectivity index (χ3n) is 3.90. The van der Waals surface area contributed by atoms with Crippen molar-refractivity contribution in [2.24, 2.45) is 0 Å². The first-order chi connectivity index (χ1) is 11.1. The van der Waals surface area contributed by atoms with E-state index in [9.17, 15) is 4.79 Å². The summed E-state index contributed by atoms with van der Waals surface area (Å²) in [6.45, 7) is 2.25. The van der Waals surface area contributed by atoms with Gasteiger partial charge in [0.2, 0.25) is 12.3 Å². The second kappa shape index (κ2) is 7.88. The van der Waals surface area contributed by atoms with Crippen LogP contribution in [0.4, 0.5) is 5.69 Å². The molecule has 2 aromatic carbocycles. The molecule has 0 unspecified atom stereocenters. The summed E-state index contributed by atoms with van der Waals surface area (Å²) < 4.78 is 1.86. The molecule has 3 aromatic rings. The Morgan fingerprint density at radius 1 is 0.958 bits per heavy atom. The lowest BCUT2D eigenvalue weighted by atomic mass is 10.0. The monoisotopic (exact) mass is 382 g/mol. The van der Waals surface area contributed by atoms with E-state index in [1.165, 1.54) is 0 Å². The Bertz CT molecular complexity index is 830. The maximum absolute atomic E-state index is 12.4. The smallest absolute Gasteiger partial charge is 0.227 e. The van der Waals surface area contributed by atoms with Gasteiger partial charge >= 0.3 is 0 Å². The van der Waals surface area contributed by atoms with Crippen LogP contribution in [0.5, 0.6) is 0 Å². The van der Waals surface area contributed by atoms with Gasteiger partial charge in [0.05, 0.1) is 0 Å². The summed E-state index contributed by atoms with van der Waals surface area (Å²) in [5, 5.41) is 0. The van der Waals surface area contributed by atoms with Gasteiger partial charge in [-0.15, -0.1) is 0 Å². The largest absolute Gasteiger partial charge is 1.00 e. The predicted molar refractivity (Wildman–Crippen MR) is 92.0 cm³/mol. The zero-order chi connectivity index (χ0) is 16.2. The Morgan fingerprint density at radius 2 is 1.58 bits per heavy atom. The van der Waals surface area contributed by atoms with Gasteiger partial charge in [-0.05, 0) is 18.1 Å². The average Bonchev–Trinajstić information content (AvgIpc) is 2.59. The standard InChI is InChI=1S/C20H18N2O.BrH/c1-15-13-22(12-11-19(15)21)14-20(23)18-9-7-17(8-10-18)16-5-3-2-4-6-16;/h2-13,21H,14H2,1H3;1H. The fourth-order valence-electron chi connectivity index (χ4n) is 2.51. The summed E-state index contributed by atoms with van der Waals surface area (Å²) in [5.74, 6) is 0.0822. The van der Waals surface area contributed by atoms with Crippen molar-refractivity contribution in [2.45, 2.75) is 13.5 Å². The van der Waals surface area contributed by atoms with Crippen molar-refractivity contribution in [3.63, 3.8) is 0 Å². The van der Waals surface area contributed by atoms with Crippen molar-refractivity contribution in [3.05, 3.63) is 84.2 Å². The van der Waals surface area contributed by atoms with Crippen LogP contribution in [0.1, 0.15) is 15.9 Å². The number of carbonyl (C=O) groups excluding carboxylic acids is 1. The SMILES string of the molecule is Cc1c[n+](CC(=O)c2ccc(-c3ccccc3)cc2)ccc1N.[Br-]. The summed E-state index contributed by atoms with van der Waals surface area (Å²) in [6, 6.07) is 19.7. The molecule has 4 heteroatoms. The van der Waals surface area contributed by atoms with Gasteiger partial charge in [-0.3, -0.25) is 4.79 Å². The van der Waals surface area contributed by atoms with E-state index in [0.29, 0.717) is 12.1 Å². The number of anilines is 1. The molecular formula is C20H19BrN2O. The van der Waals surface area contributed by atoms with E-state index in [1.54, 1.807) is 0 Å². The molecule has 1 heterocycles. The van der Waals surface area contributed by atoms with Crippen LogP contribution in [0, 0.1) is 6.92 Å². The zero-order valence-electron chi connectivity index (χ0n) is 13.4. The molecule has 0 radical (unpaired) electrons. The van der Waals surface area contributed by atoms with Crippen LogP contribution in [0.2, 0.25) is 0 Å². The maximum atomic E-state index is 12.4. The van der Waals surface area contributed by atoms with E-state index in [2.05, 4.69) is 12.1 Å². The maximum Gasteiger partial charge on any atom is 0.227 e. The van der Waals surface area contributed by atoms with E-state index >= 15 is 0 Å². The Labute approximate surface area is 152 Å². The lowest BCUT2D eigenvalue weighted by Crippen LogP contribution is -3.00. The summed E-state index contributed by atoms with van der Waals surface area (Å²) in [5.41, 5.74) is 10.5. The lowest BCUT2D eigenvalue weighted by Gasteiger charge is -2.04. The minimum absolute atomic E-state index is 0. The third-order valence-corrected chi connectivity index (χ3v) is 3.90. The first-order valence-corrected chi connectivity index (χ1v) is 7.57. The number of rotatable bonds is 4. The molecule has 0 fully saturated rings. The lowest BCUT2D eigenvalue weighted by molar-refractivity contribution is -0.683. The van der Waals surface area contributed by atoms with Crippen LogP contribution in [0.3, 0.4) is 0 Å². The fraction of sp³-hybridized carbons (Fsp3) is 0.100. The number of aryl methyl sites for hydroxylation is 1. The fourth-order valence-corrected chi connectivity index (χ4v) is 2.51. The highest BCUT2D eigenvalue weighted by molar-refractivity contribution is 5.95. The molecule has 0 atom stereocenters. The van der Waals surface area contributed by atoms with E-state index in [1.807, 2.05) is 72.4 Å². The highest BCUT2D eigenvalue weighted by Gasteiger charge is 2.13. The van der Waals surface area contributed by atoms with E-state index in [0.717, 1.165) is 22.4 Å². The quantitative estimate of drug-likeness (QED) is 0.525. The van der Waals surface area contributed by atoms with Crippen LogP contribution in [-0.4, -0.2) is 5.78 Å². The topological polar surface area (TPSA) is 47.0 Å². The molecule has 0 aliphatic carbocycles. The van der Waals surface area contributed by atoms with Crippen LogP contribution in [0.15, 0.2) is 73.1 Å². The van der Waals surface area contributed by atoms with E-state index in [4.69, 9.17) is 5.73 Å². The molecule has 24 heavy (non-hydrogen) atoms. The number of hydrogen-bond acceptors (Lipinski definition) is 2. The van der Waals surface area contributed by atoms with Gasteiger partial charge < -0.3 is 22.7 Å². The number of ketones is 1. The Morgan fingerprint density at radius 3 is 2.21 bits per heavy atom. The number of Topliss-reactive ketones (excluding diaryl/α,β-unsaturated/α-hetero) is 1. The second-order valence-corrected chi connectivity index (χ2v) is 5.62. The van der Waals surface area contributed by atoms with Gasteiger partial charge in [0.25, 0.3) is 0 Å². The van der Waals surface area contributed by atoms with Crippen molar-refractivity contribution >= 4 is 11.5 Å². The number of halogens is 1. The molecule has 0 aliphatic rings. The molecule has 0 aliphatic heterocycles. The highest BCUT2D eigenvalue weighted by atomic mass is 79.9. The Kier molecular flexibility index (Phi) is 5.88. The molecule has 122 valence electrons. The number of benzene rings is 2. The van der Waals surface area contributed by atoms with Gasteiger partial charge in [-0.1, -0.05) is 54.6 Å². The Hall–Kier alpha value is -2.46. The van der Waals surface area contributed by atoms with Crippen molar-refractivity contribution in [1.82, 2.24) is 0 Å². The number of carbonyl (C=O) groups is 1. The first kappa shape index (κ1) is 17.9. The highest BCUT2D eigenvalue weighted by Crippen LogP contribution is 2.19. The van der Waals surface area contributed by atoms with Gasteiger partial charge in [0.15, 0.2) is 12.4 Å². The second-order valence-electron chi connectivity index (χ2n) is 5.62. The average molecular weight is 383 g/mol. The van der Waals surface area contributed by atoms with Gasteiger partial charge in [0, 0.05) is 22.9 Å². The van der Waals surface area contributed by atoms with Gasteiger partial charge in [-0.2, -0.15) is 4.57 Å². The van der Waals surface area contributed by atoms with Gasteiger partial charge in [-0.25, -0.2) is 0 Å². The molecule has 3 rings (SSSR count). The third kappa shape index (κ3) is 4.09. The molecule has 0 spiro atoms. The van der Waals surface area contributed by atoms with E-state index in [-0.39, 0.29) is 22.8 Å². The molecule has 1 aromatic heterocycles. The number of hydrogen-bond donors (Lipinski definition) is 1. The number of pyridine rings is 1. The number of aromatic nitrogens is 1. The van der Waals surface area contributed by atoms with Crippen molar-refractivity contribution in [3.8, 4) is 11.1 Å². The Balaban J connectivity index is 0.00000208. The summed E-state index contributed by atoms with van der Waals surface area (Å²) in [6.07, 6.45) is 3.73. The minimum atomic E-state index is 0. The van der Waals surface area contributed by atoms with E-state index < -0.39 is 0 Å². The normalized spacial score (nSPS) is 10.0. The molecule has 0 saturated carbocycles. The summed E-state index contributed by atoms with van der Waals surface area (Å²) >= 11 is 0. The van der Waals surface area contributed by atoms with Crippen molar-refractivity contribution < 1.29 is 26.3 Å². The molecule has 3 nitrogen and oxygen atoms in total. The zero-order valence-corrected chi connectivity index (χ0v) is 15.0. The molecule has 0 amide bonds. The van der Waals surface area contributed by atoms with Crippen LogP contribution >= 0.6 is 0 Å². The first-order valence-electron chi connectivity index (χ1n) is 7.57. The minimum Gasteiger partial charge on any atom is -1.00 e. The number of nitrogens with zero attached hydrogens (tertiary/aromatic N) is 1. The van der Waals surface area contributed by atoms with Crippen LogP contribution < -0.4 is 27.3 Å². The molecule has 0 bridgehead atoms. The van der Waals surface area contributed by atoms with Gasteiger partial charge in [0.1, 0.15) is 0 Å². The van der Waals surface area contributed by atoms with Crippen molar-refractivity contribution in [2.75, 3.05) is 5.73 Å². The number of nitrogen functional groups attached to an aromatic ring is 1. The predicted octanol–water partition coefficient (Wildman–Crippen LogP) is 0.419. The summed E-state index contributed by atoms with van der Waals surface area (Å²) in [4.78, 5) is 12.4. The summed E-state index contributed by atoms with van der Waals surface area (Å²) in [7, 11) is 0. The van der Waals surface area contributed by atoms with Crippen LogP contribution in [0.25, 0.3) is 11.1 Å². The molecule has 2 N–H and O–H groups in total. The number of nitrogens with two attached hydrogens (primary N) is 1. The molecular weight excluding hydrogens is 364 g/mol. The molecule has 0 saturated heterocycles.